The van der Waals surface area contributed by atoms with Gasteiger partial charge in [-0.25, -0.2) is 4.79 Å². The summed E-state index contributed by atoms with van der Waals surface area (Å²) in [7, 11) is 5.89. The van der Waals surface area contributed by atoms with Crippen LogP contribution in [0.3, 0.4) is 0 Å². The third kappa shape index (κ3) is 8.08. The molecule has 4 N–H and O–H groups in total. The molecule has 0 saturated carbocycles. The number of aromatic hydroxyl groups is 1. The van der Waals surface area contributed by atoms with Crippen LogP contribution in [0.1, 0.15) is 42.2 Å². The fourth-order valence-corrected chi connectivity index (χ4v) is 4.36. The molecule has 0 aliphatic carbocycles. The monoisotopic (exact) mass is 616 g/mol. The lowest BCUT2D eigenvalue weighted by Crippen LogP contribution is -2.15. The lowest BCUT2D eigenvalue weighted by atomic mass is 10.0. The smallest absolute Gasteiger partial charge is 0.337 e. The van der Waals surface area contributed by atoms with E-state index in [2.05, 4.69) is 10.6 Å². The van der Waals surface area contributed by atoms with Crippen LogP contribution >= 0.6 is 0 Å². The molecule has 0 atom stereocenters. The number of hydrogen-bond acceptors (Lipinski definition) is 9. The van der Waals surface area contributed by atoms with Gasteiger partial charge in [-0.05, 0) is 78.2 Å². The Labute approximate surface area is 259 Å². The number of anilines is 2. The van der Waals surface area contributed by atoms with Gasteiger partial charge < -0.3 is 44.6 Å². The van der Waals surface area contributed by atoms with E-state index in [1.54, 1.807) is 36.4 Å². The van der Waals surface area contributed by atoms with Crippen molar-refractivity contribution in [2.45, 2.75) is 6.42 Å². The first-order valence-corrected chi connectivity index (χ1v) is 13.2. The summed E-state index contributed by atoms with van der Waals surface area (Å²) in [6.07, 6.45) is 0.279. The van der Waals surface area contributed by atoms with Gasteiger partial charge in [0.2, 0.25) is 0 Å². The number of methoxy groups -OCH3 is 4. The number of phenolic OH excluding ortho intramolecular Hbond substituents is 1. The van der Waals surface area contributed by atoms with Crippen LogP contribution in [0.5, 0.6) is 28.7 Å². The van der Waals surface area contributed by atoms with Crippen LogP contribution in [0.15, 0.2) is 72.8 Å². The average molecular weight is 617 g/mol. The van der Waals surface area contributed by atoms with E-state index < -0.39 is 17.8 Å². The Hall–Kier alpha value is -6.04. The molecule has 0 heterocycles. The summed E-state index contributed by atoms with van der Waals surface area (Å²) in [6, 6.07) is 18.7. The predicted molar refractivity (Wildman–Crippen MR) is 166 cm³/mol. The quantitative estimate of drug-likeness (QED) is 0.168. The van der Waals surface area contributed by atoms with Crippen LogP contribution < -0.4 is 29.6 Å². The topological polar surface area (TPSA) is 170 Å². The molecule has 0 spiro atoms. The third-order valence-corrected chi connectivity index (χ3v) is 6.57. The lowest BCUT2D eigenvalue weighted by Gasteiger charge is -2.13. The van der Waals surface area contributed by atoms with E-state index in [9.17, 15) is 24.6 Å². The van der Waals surface area contributed by atoms with E-state index in [1.807, 2.05) is 6.79 Å². The maximum Gasteiger partial charge on any atom is 0.337 e. The molecule has 2 amide bonds. The Morgan fingerprint density at radius 1 is 0.622 bits per heavy atom. The molecule has 4 rings (SSSR count). The van der Waals surface area contributed by atoms with Gasteiger partial charge in [0.1, 0.15) is 12.5 Å². The second-order valence-corrected chi connectivity index (χ2v) is 9.26. The molecule has 0 saturated heterocycles. The van der Waals surface area contributed by atoms with Gasteiger partial charge in [0, 0.05) is 11.1 Å². The highest BCUT2D eigenvalue weighted by Gasteiger charge is 2.17. The summed E-state index contributed by atoms with van der Waals surface area (Å²) < 4.78 is 20.9. The number of nitrogens with one attached hydrogen (secondary N) is 2. The van der Waals surface area contributed by atoms with Crippen LogP contribution in [0, 0.1) is 0 Å². The molecule has 12 nitrogen and oxygen atoms in total. The molecule has 0 radical (unpaired) electrons. The zero-order valence-electron chi connectivity index (χ0n) is 25.0. The highest BCUT2D eigenvalue weighted by atomic mass is 16.5. The van der Waals surface area contributed by atoms with Crippen molar-refractivity contribution in [3.05, 3.63) is 101 Å². The Bertz CT molecular complexity index is 1700. The van der Waals surface area contributed by atoms with Crippen LogP contribution in [-0.2, 0) is 11.2 Å². The molecular weight excluding hydrogens is 584 g/mol. The number of carboxylic acid groups (broad SMARTS) is 1. The fraction of sp³-hybridized carbons (Fsp3) is 0.152. The van der Waals surface area contributed by atoms with Gasteiger partial charge in [-0.1, -0.05) is 12.1 Å². The number of hydrogen-bond donors (Lipinski definition) is 4. The van der Waals surface area contributed by atoms with E-state index in [0.717, 1.165) is 0 Å². The Balaban J connectivity index is 0.00000271. The molecule has 12 heteroatoms. The number of ether oxygens (including phenoxy) is 4. The molecule has 0 aliphatic heterocycles. The number of carboxylic acids is 1. The van der Waals surface area contributed by atoms with Gasteiger partial charge >= 0.3 is 5.97 Å². The van der Waals surface area contributed by atoms with E-state index in [0.29, 0.717) is 39.7 Å². The molecule has 0 aliphatic rings. The average Bonchev–Trinajstić information content (AvgIpc) is 3.06. The lowest BCUT2D eigenvalue weighted by molar-refractivity contribution is -0.0980. The molecule has 4 aromatic rings. The van der Waals surface area contributed by atoms with Crippen molar-refractivity contribution in [2.75, 3.05) is 39.1 Å². The van der Waals surface area contributed by atoms with Gasteiger partial charge in [0.15, 0.2) is 23.0 Å². The molecule has 234 valence electrons. The number of carbonyl (C=O) groups is 4. The maximum atomic E-state index is 12.9. The maximum absolute atomic E-state index is 12.9. The van der Waals surface area contributed by atoms with Gasteiger partial charge in [-0.2, -0.15) is 0 Å². The molecule has 0 bridgehead atoms. The van der Waals surface area contributed by atoms with E-state index in [-0.39, 0.29) is 34.7 Å². The van der Waals surface area contributed by atoms with Crippen molar-refractivity contribution < 1.29 is 48.3 Å². The minimum atomic E-state index is -1.22. The van der Waals surface area contributed by atoms with Crippen LogP contribution in [0.2, 0.25) is 0 Å². The first-order chi connectivity index (χ1) is 21.7. The molecular formula is C33H32N2O10. The summed E-state index contributed by atoms with van der Waals surface area (Å²) in [6.45, 7) is 2.00. The summed E-state index contributed by atoms with van der Waals surface area (Å²) in [5.74, 6) is -0.683. The largest absolute Gasteiger partial charge is 0.506 e. The second-order valence-electron chi connectivity index (χ2n) is 9.26. The van der Waals surface area contributed by atoms with Crippen molar-refractivity contribution in [2.24, 2.45) is 0 Å². The number of benzene rings is 4. The summed E-state index contributed by atoms with van der Waals surface area (Å²) in [4.78, 5) is 45.7. The summed E-state index contributed by atoms with van der Waals surface area (Å²) in [5.41, 5.74) is 2.07. The minimum absolute atomic E-state index is 0.102. The standard InChI is InChI=1S/C32H30N2O9.CH2O/c1-40-26-11-7-20(16-28(26)42-3)30(36)33-23-9-5-18(14-22(23)32(38)39)13-19-6-10-24(25(35)15-19)34-31(37)21-8-12-27(41-2)29(17-21)43-4;1-2/h5-12,14-17,35H,13H2,1-4H3,(H,33,36)(H,34,37)(H,38,39);1H2. The van der Waals surface area contributed by atoms with Crippen LogP contribution in [0.4, 0.5) is 11.4 Å². The Morgan fingerprint density at radius 3 is 1.51 bits per heavy atom. The van der Waals surface area contributed by atoms with E-state index in [4.69, 9.17) is 23.7 Å². The Kier molecular flexibility index (Phi) is 11.5. The van der Waals surface area contributed by atoms with Gasteiger partial charge in [0.05, 0.1) is 45.4 Å². The first kappa shape index (κ1) is 33.5. The van der Waals surface area contributed by atoms with Crippen LogP contribution in [0.25, 0.3) is 0 Å². The molecule has 0 aromatic heterocycles. The highest BCUT2D eigenvalue weighted by molar-refractivity contribution is 6.08. The zero-order chi connectivity index (χ0) is 33.1. The third-order valence-electron chi connectivity index (χ3n) is 6.57. The Morgan fingerprint density at radius 2 is 1.07 bits per heavy atom. The van der Waals surface area contributed by atoms with Gasteiger partial charge in [-0.3, -0.25) is 9.59 Å². The van der Waals surface area contributed by atoms with Gasteiger partial charge in [-0.15, -0.1) is 0 Å². The molecule has 45 heavy (non-hydrogen) atoms. The summed E-state index contributed by atoms with van der Waals surface area (Å²) in [5, 5.41) is 25.7. The number of phenols is 1. The highest BCUT2D eigenvalue weighted by Crippen LogP contribution is 2.31. The number of amides is 2. The van der Waals surface area contributed by atoms with Crippen molar-refractivity contribution in [3.63, 3.8) is 0 Å². The molecule has 0 fully saturated rings. The minimum Gasteiger partial charge on any atom is -0.506 e. The van der Waals surface area contributed by atoms with Crippen molar-refractivity contribution in [1.29, 1.82) is 0 Å². The SMILES string of the molecule is C=O.COc1ccc(C(=O)Nc2ccc(Cc3ccc(NC(=O)c4ccc(OC)c(OC)c4)c(C(=O)O)c3)cc2O)cc1OC. The first-order valence-electron chi connectivity index (χ1n) is 13.2. The fourth-order valence-electron chi connectivity index (χ4n) is 4.36. The van der Waals surface area contributed by atoms with Crippen molar-refractivity contribution in [1.82, 2.24) is 0 Å². The van der Waals surface area contributed by atoms with E-state index >= 15 is 0 Å². The number of carbonyl (C=O) groups excluding carboxylic acids is 3. The van der Waals surface area contributed by atoms with Crippen molar-refractivity contribution >= 4 is 35.9 Å². The van der Waals surface area contributed by atoms with Crippen LogP contribution in [-0.4, -0.2) is 63.2 Å². The zero-order valence-corrected chi connectivity index (χ0v) is 25.0. The normalized spacial score (nSPS) is 10.0. The predicted octanol–water partition coefficient (Wildman–Crippen LogP) is 5.04. The summed E-state index contributed by atoms with van der Waals surface area (Å²) >= 11 is 0. The number of aromatic carboxylic acids is 1. The molecule has 4 aromatic carbocycles. The number of rotatable bonds is 11. The van der Waals surface area contributed by atoms with E-state index in [1.165, 1.54) is 64.8 Å². The van der Waals surface area contributed by atoms with Crippen molar-refractivity contribution in [3.8, 4) is 28.7 Å². The molecule has 0 unspecified atom stereocenters. The van der Waals surface area contributed by atoms with Gasteiger partial charge in [0.25, 0.3) is 11.8 Å². The second kappa shape index (κ2) is 15.4.